The summed E-state index contributed by atoms with van der Waals surface area (Å²) >= 11 is 0. The molecule has 2 atom stereocenters. The van der Waals surface area contributed by atoms with E-state index in [4.69, 9.17) is 9.47 Å². The number of nitrogens with one attached hydrogen (secondary N) is 1. The lowest BCUT2D eigenvalue weighted by molar-refractivity contribution is -0.145. The third-order valence-corrected chi connectivity index (χ3v) is 4.48. The Balaban J connectivity index is 2.34. The Morgan fingerprint density at radius 3 is 1.82 bits per heavy atom. The number of anilines is 2. The molecule has 0 bridgehead atoms. The largest absolute Gasteiger partial charge is 0.461 e. The van der Waals surface area contributed by atoms with Crippen LogP contribution in [0.15, 0.2) is 30.3 Å². The van der Waals surface area contributed by atoms with Crippen LogP contribution in [0.1, 0.15) is 38.1 Å². The molecule has 2 aromatic carbocycles. The smallest absolute Gasteiger partial charge is 0.302 e. The highest BCUT2D eigenvalue weighted by atomic mass is 19.2. The Hall–Kier alpha value is -3.63. The summed E-state index contributed by atoms with van der Waals surface area (Å²) in [6.45, 7) is 5.60. The van der Waals surface area contributed by atoms with Gasteiger partial charge in [-0.25, -0.2) is 17.6 Å². The summed E-state index contributed by atoms with van der Waals surface area (Å²) in [4.78, 5) is 36.6. The maximum Gasteiger partial charge on any atom is 0.302 e. The van der Waals surface area contributed by atoms with Crippen LogP contribution in [0.25, 0.3) is 0 Å². The molecule has 0 aromatic heterocycles. The molecule has 2 aromatic rings. The zero-order valence-corrected chi connectivity index (χ0v) is 19.0. The van der Waals surface area contributed by atoms with E-state index in [1.165, 1.54) is 24.8 Å². The first kappa shape index (κ1) is 26.6. The number of esters is 2. The predicted molar refractivity (Wildman–Crippen MR) is 115 cm³/mol. The van der Waals surface area contributed by atoms with Gasteiger partial charge in [-0.05, 0) is 32.0 Å². The van der Waals surface area contributed by atoms with Crippen LogP contribution in [0.5, 0.6) is 0 Å². The molecule has 0 heterocycles. The second-order valence-corrected chi connectivity index (χ2v) is 7.62. The van der Waals surface area contributed by atoms with E-state index in [0.717, 1.165) is 12.1 Å². The molecule has 0 aliphatic rings. The molecule has 0 aliphatic heterocycles. The first-order chi connectivity index (χ1) is 15.9. The Morgan fingerprint density at radius 1 is 0.853 bits per heavy atom. The quantitative estimate of drug-likeness (QED) is 0.326. The standard InChI is InChI=1S/C23H24F4N2O5/c1-12(33-14(3)30)10-29(11-13(2)34-15(4)31)21-7-16(5-6-18(21)24)23(32)28-17-8-19(25)22(27)20(26)9-17/h5-9,12-13H,10-11H2,1-4H3,(H,28,32)/t12-,13+. The molecule has 1 N–H and O–H groups in total. The monoisotopic (exact) mass is 484 g/mol. The van der Waals surface area contributed by atoms with Crippen LogP contribution in [-0.4, -0.2) is 43.1 Å². The highest BCUT2D eigenvalue weighted by Crippen LogP contribution is 2.24. The minimum absolute atomic E-state index is 0.00155. The van der Waals surface area contributed by atoms with E-state index >= 15 is 0 Å². The summed E-state index contributed by atoms with van der Waals surface area (Å²) in [6.07, 6.45) is -1.35. The third kappa shape index (κ3) is 7.46. The zero-order valence-electron chi connectivity index (χ0n) is 19.0. The summed E-state index contributed by atoms with van der Waals surface area (Å²) in [5, 5.41) is 2.22. The minimum atomic E-state index is -1.68. The van der Waals surface area contributed by atoms with Crippen LogP contribution >= 0.6 is 0 Å². The molecule has 11 heteroatoms. The summed E-state index contributed by atoms with van der Waals surface area (Å²) in [5.74, 6) is -7.31. The van der Waals surface area contributed by atoms with Crippen molar-refractivity contribution in [2.45, 2.75) is 39.9 Å². The molecular weight excluding hydrogens is 460 g/mol. The van der Waals surface area contributed by atoms with Gasteiger partial charge in [-0.15, -0.1) is 0 Å². The average Bonchev–Trinajstić information content (AvgIpc) is 2.70. The Labute approximate surface area is 193 Å². The fourth-order valence-corrected chi connectivity index (χ4v) is 3.26. The predicted octanol–water partition coefficient (Wildman–Crippen LogP) is 4.20. The number of benzene rings is 2. The van der Waals surface area contributed by atoms with Crippen molar-refractivity contribution in [3.63, 3.8) is 0 Å². The first-order valence-corrected chi connectivity index (χ1v) is 10.2. The lowest BCUT2D eigenvalue weighted by atomic mass is 10.1. The van der Waals surface area contributed by atoms with Gasteiger partial charge in [-0.2, -0.15) is 0 Å². The topological polar surface area (TPSA) is 84.9 Å². The van der Waals surface area contributed by atoms with Gasteiger partial charge in [0, 0.05) is 37.2 Å². The molecule has 7 nitrogen and oxygen atoms in total. The van der Waals surface area contributed by atoms with Crippen molar-refractivity contribution in [2.75, 3.05) is 23.3 Å². The molecule has 1 amide bonds. The second kappa shape index (κ2) is 11.5. The van der Waals surface area contributed by atoms with Crippen molar-refractivity contribution in [2.24, 2.45) is 0 Å². The van der Waals surface area contributed by atoms with Crippen molar-refractivity contribution in [3.8, 4) is 0 Å². The lowest BCUT2D eigenvalue weighted by Crippen LogP contribution is -2.39. The Morgan fingerprint density at radius 2 is 1.35 bits per heavy atom. The van der Waals surface area contributed by atoms with Crippen molar-refractivity contribution in [1.82, 2.24) is 0 Å². The average molecular weight is 484 g/mol. The number of carbonyl (C=O) groups is 3. The normalized spacial score (nSPS) is 12.5. The zero-order chi connectivity index (χ0) is 25.6. The molecule has 0 saturated carbocycles. The maximum absolute atomic E-state index is 14.8. The molecule has 0 spiro atoms. The molecular formula is C23H24F4N2O5. The highest BCUT2D eigenvalue weighted by Gasteiger charge is 2.22. The van der Waals surface area contributed by atoms with E-state index < -0.39 is 53.3 Å². The highest BCUT2D eigenvalue weighted by molar-refractivity contribution is 6.04. The minimum Gasteiger partial charge on any atom is -0.461 e. The molecule has 0 aliphatic carbocycles. The molecule has 0 radical (unpaired) electrons. The molecule has 184 valence electrons. The summed E-state index contributed by atoms with van der Waals surface area (Å²) < 4.78 is 65.0. The molecule has 0 saturated heterocycles. The van der Waals surface area contributed by atoms with Gasteiger partial charge < -0.3 is 19.7 Å². The van der Waals surface area contributed by atoms with Crippen molar-refractivity contribution in [3.05, 3.63) is 59.2 Å². The number of ether oxygens (including phenoxy) is 2. The van der Waals surface area contributed by atoms with Gasteiger partial charge in [-0.1, -0.05) is 0 Å². The fraction of sp³-hybridized carbons (Fsp3) is 0.348. The summed E-state index contributed by atoms with van der Waals surface area (Å²) in [7, 11) is 0. The second-order valence-electron chi connectivity index (χ2n) is 7.62. The van der Waals surface area contributed by atoms with E-state index in [2.05, 4.69) is 5.32 Å². The van der Waals surface area contributed by atoms with Gasteiger partial charge >= 0.3 is 11.9 Å². The molecule has 0 unspecified atom stereocenters. The van der Waals surface area contributed by atoms with E-state index in [-0.39, 0.29) is 30.0 Å². The van der Waals surface area contributed by atoms with Gasteiger partial charge in [-0.3, -0.25) is 14.4 Å². The maximum atomic E-state index is 14.8. The van der Waals surface area contributed by atoms with Crippen molar-refractivity contribution in [1.29, 1.82) is 0 Å². The van der Waals surface area contributed by atoms with Gasteiger partial charge in [0.15, 0.2) is 17.5 Å². The van der Waals surface area contributed by atoms with Gasteiger partial charge in [0.2, 0.25) is 0 Å². The third-order valence-electron chi connectivity index (χ3n) is 4.48. The van der Waals surface area contributed by atoms with Crippen LogP contribution < -0.4 is 10.2 Å². The van der Waals surface area contributed by atoms with Crippen molar-refractivity contribution < 1.29 is 41.4 Å². The number of halogens is 4. The number of rotatable bonds is 9. The van der Waals surface area contributed by atoms with Crippen LogP contribution in [0.2, 0.25) is 0 Å². The van der Waals surface area contributed by atoms with Crippen LogP contribution in [0.3, 0.4) is 0 Å². The fourth-order valence-electron chi connectivity index (χ4n) is 3.26. The van der Waals surface area contributed by atoms with Gasteiger partial charge in [0.25, 0.3) is 5.91 Å². The van der Waals surface area contributed by atoms with Crippen LogP contribution in [0, 0.1) is 23.3 Å². The van der Waals surface area contributed by atoms with Crippen molar-refractivity contribution >= 4 is 29.2 Å². The summed E-state index contributed by atoms with van der Waals surface area (Å²) in [5.41, 5.74) is -0.481. The first-order valence-electron chi connectivity index (χ1n) is 10.2. The number of carbonyl (C=O) groups excluding carboxylic acids is 3. The molecule has 2 rings (SSSR count). The van der Waals surface area contributed by atoms with Crippen LogP contribution in [0.4, 0.5) is 28.9 Å². The van der Waals surface area contributed by atoms with Gasteiger partial charge in [0.1, 0.15) is 18.0 Å². The molecule has 0 fully saturated rings. The van der Waals surface area contributed by atoms with E-state index in [0.29, 0.717) is 12.1 Å². The Bertz CT molecular complexity index is 1030. The summed E-state index contributed by atoms with van der Waals surface area (Å²) in [6, 6.07) is 4.55. The number of amides is 1. The number of hydrogen-bond donors (Lipinski definition) is 1. The Kier molecular flexibility index (Phi) is 8.99. The molecule has 34 heavy (non-hydrogen) atoms. The number of hydrogen-bond acceptors (Lipinski definition) is 6. The van der Waals surface area contributed by atoms with E-state index in [1.54, 1.807) is 13.8 Å². The SMILES string of the molecule is CC(=O)O[C@H](C)CN(C[C@H](C)OC(C)=O)c1cc(C(=O)Nc2cc(F)c(F)c(F)c2)ccc1F. The van der Waals surface area contributed by atoms with E-state index in [1.807, 2.05) is 0 Å². The number of nitrogens with zero attached hydrogens (tertiary/aromatic N) is 1. The van der Waals surface area contributed by atoms with Crippen LogP contribution in [-0.2, 0) is 19.1 Å². The van der Waals surface area contributed by atoms with E-state index in [9.17, 15) is 31.9 Å². The van der Waals surface area contributed by atoms with Gasteiger partial charge in [0.05, 0.1) is 18.8 Å². The lowest BCUT2D eigenvalue weighted by Gasteiger charge is -2.30.